The summed E-state index contributed by atoms with van der Waals surface area (Å²) >= 11 is 1.50. The van der Waals surface area contributed by atoms with E-state index in [4.69, 9.17) is 9.47 Å². The van der Waals surface area contributed by atoms with Crippen molar-refractivity contribution >= 4 is 35.6 Å². The number of thioether (sulfide) groups is 1. The minimum atomic E-state index is -0.707. The van der Waals surface area contributed by atoms with Crippen molar-refractivity contribution in [2.75, 3.05) is 12.9 Å². The fourth-order valence-corrected chi connectivity index (χ4v) is 5.69. The van der Waals surface area contributed by atoms with Gasteiger partial charge in [-0.2, -0.15) is 0 Å². The summed E-state index contributed by atoms with van der Waals surface area (Å²) in [7, 11) is 1.58. The van der Waals surface area contributed by atoms with E-state index in [2.05, 4.69) is 10.3 Å². The highest BCUT2D eigenvalue weighted by atomic mass is 32.2. The number of hydrogen-bond donors (Lipinski definition) is 1. The van der Waals surface area contributed by atoms with Crippen LogP contribution >= 0.6 is 11.8 Å². The smallest absolute Gasteiger partial charge is 0.355 e. The lowest BCUT2D eigenvalue weighted by molar-refractivity contribution is -0.153. The number of aromatic nitrogens is 1. The summed E-state index contributed by atoms with van der Waals surface area (Å²) < 4.78 is 10.8. The molecule has 2 aromatic carbocycles. The van der Waals surface area contributed by atoms with Crippen molar-refractivity contribution in [3.63, 3.8) is 0 Å². The molecule has 1 unspecified atom stereocenters. The molecule has 2 aliphatic heterocycles. The summed E-state index contributed by atoms with van der Waals surface area (Å²) in [5.41, 5.74) is 3.45. The lowest BCUT2D eigenvalue weighted by atomic mass is 10.0. The van der Waals surface area contributed by atoms with E-state index in [1.807, 2.05) is 66.7 Å². The van der Waals surface area contributed by atoms with Crippen LogP contribution in [0.25, 0.3) is 6.08 Å². The molecule has 5 rings (SSSR count). The molecule has 0 bridgehead atoms. The number of hydrogen-bond acceptors (Lipinski definition) is 7. The number of carbonyl (C=O) groups excluding carboxylic acids is 3. The highest BCUT2D eigenvalue weighted by molar-refractivity contribution is 8.00. The van der Waals surface area contributed by atoms with Crippen LogP contribution in [-0.2, 0) is 32.1 Å². The first-order valence-electron chi connectivity index (χ1n) is 12.4. The normalized spacial score (nSPS) is 18.4. The number of allylic oxidation sites excluding steroid dienone is 1. The summed E-state index contributed by atoms with van der Waals surface area (Å²) in [5, 5.41) is 2.46. The van der Waals surface area contributed by atoms with E-state index in [1.54, 1.807) is 31.6 Å². The Morgan fingerprint density at radius 3 is 2.49 bits per heavy atom. The van der Waals surface area contributed by atoms with Crippen LogP contribution in [0.2, 0.25) is 0 Å². The Hall–Kier alpha value is -4.37. The number of benzene rings is 2. The van der Waals surface area contributed by atoms with Gasteiger partial charge < -0.3 is 14.8 Å². The molecule has 1 N–H and O–H groups in total. The first-order chi connectivity index (χ1) is 19.0. The predicted octanol–water partition coefficient (Wildman–Crippen LogP) is 3.74. The maximum atomic E-state index is 13.4. The van der Waals surface area contributed by atoms with Gasteiger partial charge in [0.2, 0.25) is 5.91 Å². The first-order valence-corrected chi connectivity index (χ1v) is 13.5. The average Bonchev–Trinajstić information content (AvgIpc) is 2.98. The molecular formula is C30H27N3O5S. The number of esters is 1. The summed E-state index contributed by atoms with van der Waals surface area (Å²) in [6.45, 7) is 0.0464. The van der Waals surface area contributed by atoms with E-state index in [9.17, 15) is 14.4 Å². The number of ether oxygens (including phenoxy) is 2. The Morgan fingerprint density at radius 2 is 1.77 bits per heavy atom. The van der Waals surface area contributed by atoms with Crippen molar-refractivity contribution in [3.05, 3.63) is 113 Å². The number of nitrogens with zero attached hydrogens (tertiary/aromatic N) is 2. The Morgan fingerprint density at radius 1 is 1.03 bits per heavy atom. The number of amides is 2. The van der Waals surface area contributed by atoms with Gasteiger partial charge in [0.15, 0.2) is 0 Å². The monoisotopic (exact) mass is 541 g/mol. The molecule has 2 atom stereocenters. The van der Waals surface area contributed by atoms with Crippen molar-refractivity contribution < 1.29 is 23.9 Å². The summed E-state index contributed by atoms with van der Waals surface area (Å²) in [4.78, 5) is 44.8. The van der Waals surface area contributed by atoms with Crippen LogP contribution in [0.5, 0.6) is 5.75 Å². The zero-order valence-corrected chi connectivity index (χ0v) is 22.1. The Bertz CT molecular complexity index is 1410. The van der Waals surface area contributed by atoms with Gasteiger partial charge in [-0.15, -0.1) is 11.8 Å². The largest absolute Gasteiger partial charge is 0.497 e. The Labute approximate surface area is 230 Å². The third kappa shape index (κ3) is 6.04. The second-order valence-corrected chi connectivity index (χ2v) is 10.1. The third-order valence-corrected chi connectivity index (χ3v) is 7.73. The van der Waals surface area contributed by atoms with Gasteiger partial charge in [-0.3, -0.25) is 19.5 Å². The maximum Gasteiger partial charge on any atom is 0.355 e. The van der Waals surface area contributed by atoms with Gasteiger partial charge in [-0.25, -0.2) is 4.79 Å². The second-order valence-electron chi connectivity index (χ2n) is 9.03. The molecule has 8 nitrogen and oxygen atoms in total. The topological polar surface area (TPSA) is 97.8 Å². The Kier molecular flexibility index (Phi) is 8.07. The zero-order valence-electron chi connectivity index (χ0n) is 21.3. The standard InChI is InChI=1S/C30H27N3O5S/c1-37-24-11-8-22(9-12-24)18-38-30(36)27-23(10-7-20-13-15-31-16-14-20)19-39-29-26(28(35)33(27)29)32-25(34)17-21-5-3-2-4-6-21/h2-16,26,29H,17-19H2,1H3,(H,32,34)/b10-7+/t26?,29-/m1/s1. The summed E-state index contributed by atoms with van der Waals surface area (Å²) in [5.74, 6) is 0.0205. The molecule has 1 aromatic heterocycles. The van der Waals surface area contributed by atoms with Gasteiger partial charge in [-0.05, 0) is 46.5 Å². The minimum absolute atomic E-state index is 0.0464. The van der Waals surface area contributed by atoms with Crippen LogP contribution in [0.3, 0.4) is 0 Å². The highest BCUT2D eigenvalue weighted by Crippen LogP contribution is 2.41. The first kappa shape index (κ1) is 26.2. The van der Waals surface area contributed by atoms with Crippen LogP contribution < -0.4 is 10.1 Å². The van der Waals surface area contributed by atoms with Crippen LogP contribution in [0.1, 0.15) is 16.7 Å². The molecule has 1 fully saturated rings. The molecule has 2 amide bonds. The number of carbonyl (C=O) groups is 3. The number of rotatable bonds is 9. The van der Waals surface area contributed by atoms with Gasteiger partial charge >= 0.3 is 5.97 Å². The molecule has 3 heterocycles. The lowest BCUT2D eigenvalue weighted by Gasteiger charge is -2.49. The number of nitrogens with one attached hydrogen (secondary N) is 1. The van der Waals surface area contributed by atoms with E-state index < -0.39 is 12.0 Å². The van der Waals surface area contributed by atoms with Crippen molar-refractivity contribution in [2.24, 2.45) is 0 Å². The van der Waals surface area contributed by atoms with Gasteiger partial charge in [-0.1, -0.05) is 54.6 Å². The molecule has 2 aliphatic rings. The number of pyridine rings is 1. The minimum Gasteiger partial charge on any atom is -0.497 e. The van der Waals surface area contributed by atoms with E-state index in [-0.39, 0.29) is 35.9 Å². The molecular weight excluding hydrogens is 514 g/mol. The summed E-state index contributed by atoms with van der Waals surface area (Å²) in [6.07, 6.45) is 7.25. The lowest BCUT2D eigenvalue weighted by Crippen LogP contribution is -2.70. The van der Waals surface area contributed by atoms with Gasteiger partial charge in [0.1, 0.15) is 29.5 Å². The van der Waals surface area contributed by atoms with Crippen molar-refractivity contribution in [1.82, 2.24) is 15.2 Å². The SMILES string of the molecule is COc1ccc(COC(=O)C2=C(/C=C/c3ccncc3)CS[C@@H]3C(NC(=O)Cc4ccccc4)C(=O)N23)cc1. The number of fused-ring (bicyclic) bond motifs is 1. The molecule has 3 aromatic rings. The molecule has 9 heteroatoms. The number of methoxy groups -OCH3 is 1. The third-order valence-electron chi connectivity index (χ3n) is 6.43. The van der Waals surface area contributed by atoms with Crippen LogP contribution in [0, 0.1) is 0 Å². The molecule has 39 heavy (non-hydrogen) atoms. The van der Waals surface area contributed by atoms with Crippen molar-refractivity contribution in [3.8, 4) is 5.75 Å². The molecule has 1 saturated heterocycles. The van der Waals surface area contributed by atoms with Gasteiger partial charge in [0.05, 0.1) is 13.5 Å². The highest BCUT2D eigenvalue weighted by Gasteiger charge is 2.54. The van der Waals surface area contributed by atoms with Crippen LogP contribution in [0.4, 0.5) is 0 Å². The van der Waals surface area contributed by atoms with Crippen molar-refractivity contribution in [2.45, 2.75) is 24.4 Å². The zero-order chi connectivity index (χ0) is 27.2. The van der Waals surface area contributed by atoms with E-state index in [1.165, 1.54) is 16.7 Å². The van der Waals surface area contributed by atoms with Gasteiger partial charge in [0, 0.05) is 18.1 Å². The maximum absolute atomic E-state index is 13.4. The fourth-order valence-electron chi connectivity index (χ4n) is 4.38. The number of β-lactam (4-membered cyclic amide) rings is 1. The van der Waals surface area contributed by atoms with Gasteiger partial charge in [0.25, 0.3) is 5.91 Å². The van der Waals surface area contributed by atoms with Crippen molar-refractivity contribution in [1.29, 1.82) is 0 Å². The van der Waals surface area contributed by atoms with E-state index in [0.717, 1.165) is 16.7 Å². The van der Waals surface area contributed by atoms with Crippen LogP contribution in [-0.4, -0.2) is 51.9 Å². The molecule has 0 spiro atoms. The molecule has 0 aliphatic carbocycles. The summed E-state index contributed by atoms with van der Waals surface area (Å²) in [6, 6.07) is 19.6. The quantitative estimate of drug-likeness (QED) is 0.326. The van der Waals surface area contributed by atoms with E-state index in [0.29, 0.717) is 17.1 Å². The fraction of sp³-hybridized carbons (Fsp3) is 0.200. The Balaban J connectivity index is 1.34. The van der Waals surface area contributed by atoms with E-state index >= 15 is 0 Å². The van der Waals surface area contributed by atoms with Crippen LogP contribution in [0.15, 0.2) is 96.5 Å². The molecule has 0 saturated carbocycles. The molecule has 198 valence electrons. The second kappa shape index (κ2) is 12.0. The molecule has 0 radical (unpaired) electrons. The predicted molar refractivity (Wildman–Crippen MR) is 148 cm³/mol. The average molecular weight is 542 g/mol.